The summed E-state index contributed by atoms with van der Waals surface area (Å²) in [6, 6.07) is 4.29. The summed E-state index contributed by atoms with van der Waals surface area (Å²) < 4.78 is 35.4. The molecule has 144 valence electrons. The highest BCUT2D eigenvalue weighted by atomic mass is 19.1. The average molecular weight is 377 g/mol. The summed E-state index contributed by atoms with van der Waals surface area (Å²) in [7, 11) is 1.46. The normalized spacial score (nSPS) is 25.0. The van der Waals surface area contributed by atoms with Crippen LogP contribution in [0.2, 0.25) is 0 Å². The monoisotopic (exact) mass is 377 g/mol. The van der Waals surface area contributed by atoms with Gasteiger partial charge < -0.3 is 23.6 Å². The fourth-order valence-electron chi connectivity index (χ4n) is 3.66. The van der Waals surface area contributed by atoms with E-state index >= 15 is 0 Å². The van der Waals surface area contributed by atoms with Gasteiger partial charge in [-0.05, 0) is 30.1 Å². The fourth-order valence-corrected chi connectivity index (χ4v) is 3.66. The molecule has 0 aliphatic carbocycles. The number of methoxy groups -OCH3 is 1. The molecule has 1 spiro atoms. The average Bonchev–Trinajstić information content (AvgIpc) is 3.31. The Morgan fingerprint density at radius 1 is 1.48 bits per heavy atom. The molecule has 2 aromatic rings. The first-order valence-electron chi connectivity index (χ1n) is 8.80. The van der Waals surface area contributed by atoms with E-state index in [-0.39, 0.29) is 29.5 Å². The largest absolute Gasteiger partial charge is 0.479 e. The number of carbonyl (C=O) groups excluding carboxylic acids is 1. The van der Waals surface area contributed by atoms with Gasteiger partial charge in [0.25, 0.3) is 17.7 Å². The summed E-state index contributed by atoms with van der Waals surface area (Å²) in [4.78, 5) is 18.3. The lowest BCUT2D eigenvalue weighted by atomic mass is 9.89. The van der Waals surface area contributed by atoms with Crippen LogP contribution in [0.5, 0.6) is 11.8 Å². The quantitative estimate of drug-likeness (QED) is 0.806. The van der Waals surface area contributed by atoms with E-state index in [1.54, 1.807) is 4.90 Å². The van der Waals surface area contributed by atoms with Crippen molar-refractivity contribution in [2.45, 2.75) is 31.0 Å². The number of rotatable bonds is 4. The number of amides is 1. The third kappa shape index (κ3) is 3.59. The molecule has 2 atom stereocenters. The van der Waals surface area contributed by atoms with Gasteiger partial charge in [-0.1, -0.05) is 0 Å². The first kappa shape index (κ1) is 17.7. The van der Waals surface area contributed by atoms with Crippen LogP contribution in [0, 0.1) is 5.82 Å². The highest BCUT2D eigenvalue weighted by Crippen LogP contribution is 2.36. The number of piperidine rings is 1. The minimum atomic E-state index is -0.506. The summed E-state index contributed by atoms with van der Waals surface area (Å²) in [6.07, 6.45) is 3.33. The molecule has 8 nitrogen and oxygen atoms in total. The van der Waals surface area contributed by atoms with Crippen molar-refractivity contribution < 1.29 is 27.9 Å². The lowest BCUT2D eigenvalue weighted by Gasteiger charge is -2.39. The smallest absolute Gasteiger partial charge is 0.292 e. The molecule has 0 aromatic carbocycles. The van der Waals surface area contributed by atoms with E-state index in [2.05, 4.69) is 10.1 Å². The molecule has 4 heterocycles. The van der Waals surface area contributed by atoms with Crippen LogP contribution in [0.1, 0.15) is 29.8 Å². The second-order valence-corrected chi connectivity index (χ2v) is 6.79. The molecular formula is C18H20FN3O5. The minimum Gasteiger partial charge on any atom is -0.479 e. The predicted octanol–water partition coefficient (Wildman–Crippen LogP) is 2.06. The van der Waals surface area contributed by atoms with E-state index in [1.807, 2.05) is 0 Å². The molecular weight excluding hydrogens is 357 g/mol. The molecule has 1 amide bonds. The van der Waals surface area contributed by atoms with E-state index in [1.165, 1.54) is 31.5 Å². The lowest BCUT2D eigenvalue weighted by Crippen LogP contribution is -2.50. The number of pyridine rings is 1. The van der Waals surface area contributed by atoms with Crippen LogP contribution in [0.4, 0.5) is 4.39 Å². The first-order valence-corrected chi connectivity index (χ1v) is 8.80. The van der Waals surface area contributed by atoms with E-state index in [4.69, 9.17) is 18.7 Å². The van der Waals surface area contributed by atoms with Crippen LogP contribution in [-0.4, -0.2) is 59.5 Å². The van der Waals surface area contributed by atoms with Gasteiger partial charge in [-0.25, -0.2) is 9.37 Å². The van der Waals surface area contributed by atoms with Crippen LogP contribution in [0.3, 0.4) is 0 Å². The topological polar surface area (TPSA) is 86.9 Å². The SMILES string of the molecule is COc1cc(C(=O)N2CCC[C@@]3(C[C@@H](Oc4ncccc4F)CO3)C2)on1. The number of nitrogens with zero attached hydrogens (tertiary/aromatic N) is 3. The van der Waals surface area contributed by atoms with Crippen LogP contribution < -0.4 is 9.47 Å². The molecule has 2 aliphatic heterocycles. The fraction of sp³-hybridized carbons (Fsp3) is 0.500. The third-order valence-corrected chi connectivity index (χ3v) is 4.91. The first-order chi connectivity index (χ1) is 13.1. The molecule has 2 aromatic heterocycles. The van der Waals surface area contributed by atoms with Gasteiger partial charge in [-0.3, -0.25) is 4.79 Å². The molecule has 2 saturated heterocycles. The van der Waals surface area contributed by atoms with Crippen LogP contribution in [0.25, 0.3) is 0 Å². The predicted molar refractivity (Wildman–Crippen MR) is 90.1 cm³/mol. The van der Waals surface area contributed by atoms with Crippen molar-refractivity contribution in [2.75, 3.05) is 26.8 Å². The van der Waals surface area contributed by atoms with E-state index in [9.17, 15) is 9.18 Å². The van der Waals surface area contributed by atoms with Crippen molar-refractivity contribution in [2.24, 2.45) is 0 Å². The Morgan fingerprint density at radius 3 is 3.15 bits per heavy atom. The highest BCUT2D eigenvalue weighted by molar-refractivity contribution is 5.91. The number of hydrogen-bond acceptors (Lipinski definition) is 7. The maximum absolute atomic E-state index is 13.8. The summed E-state index contributed by atoms with van der Waals surface area (Å²) >= 11 is 0. The summed E-state index contributed by atoms with van der Waals surface area (Å²) in [5.74, 6) is -0.397. The molecule has 0 radical (unpaired) electrons. The zero-order valence-corrected chi connectivity index (χ0v) is 14.9. The number of likely N-dealkylation sites (tertiary alicyclic amines) is 1. The molecule has 0 N–H and O–H groups in total. The van der Waals surface area contributed by atoms with Crippen LogP contribution >= 0.6 is 0 Å². The van der Waals surface area contributed by atoms with Crippen molar-refractivity contribution in [1.29, 1.82) is 0 Å². The number of carbonyl (C=O) groups is 1. The number of aromatic nitrogens is 2. The van der Waals surface area contributed by atoms with Gasteiger partial charge >= 0.3 is 0 Å². The molecule has 4 rings (SSSR count). The van der Waals surface area contributed by atoms with Gasteiger partial charge in [-0.15, -0.1) is 0 Å². The second-order valence-electron chi connectivity index (χ2n) is 6.79. The van der Waals surface area contributed by atoms with Crippen molar-refractivity contribution in [3.63, 3.8) is 0 Å². The summed E-state index contributed by atoms with van der Waals surface area (Å²) in [6.45, 7) is 1.35. The van der Waals surface area contributed by atoms with E-state index in [0.29, 0.717) is 26.1 Å². The molecule has 2 fully saturated rings. The Hall–Kier alpha value is -2.68. The van der Waals surface area contributed by atoms with E-state index < -0.39 is 11.4 Å². The molecule has 9 heteroatoms. The van der Waals surface area contributed by atoms with Crippen molar-refractivity contribution in [3.8, 4) is 11.8 Å². The molecule has 27 heavy (non-hydrogen) atoms. The Labute approximate surface area is 155 Å². The van der Waals surface area contributed by atoms with Gasteiger partial charge in [-0.2, -0.15) is 0 Å². The van der Waals surface area contributed by atoms with Gasteiger partial charge in [0.1, 0.15) is 6.10 Å². The number of ether oxygens (including phenoxy) is 3. The van der Waals surface area contributed by atoms with Gasteiger partial charge in [0.15, 0.2) is 5.82 Å². The molecule has 0 bridgehead atoms. The Bertz CT molecular complexity index is 829. The second kappa shape index (κ2) is 7.15. The van der Waals surface area contributed by atoms with Crippen molar-refractivity contribution in [1.82, 2.24) is 15.0 Å². The van der Waals surface area contributed by atoms with E-state index in [0.717, 1.165) is 12.8 Å². The Balaban J connectivity index is 1.42. The summed E-state index contributed by atoms with van der Waals surface area (Å²) in [5.41, 5.74) is -0.506. The maximum Gasteiger partial charge on any atom is 0.292 e. The number of hydrogen-bond donors (Lipinski definition) is 0. The highest BCUT2D eigenvalue weighted by Gasteiger charge is 2.46. The van der Waals surface area contributed by atoms with Gasteiger partial charge in [0.05, 0.1) is 31.9 Å². The van der Waals surface area contributed by atoms with Crippen molar-refractivity contribution >= 4 is 5.91 Å². The standard InChI is InChI=1S/C18H20FN3O5/c1-24-15-8-14(27-21-15)17(23)22-7-3-5-18(11-22)9-12(10-25-18)26-16-13(19)4-2-6-20-16/h2,4,6,8,12H,3,5,7,9-11H2,1H3/t12-,18-/m1/s1. The zero-order chi connectivity index (χ0) is 18.9. The van der Waals surface area contributed by atoms with Gasteiger partial charge in [0, 0.05) is 19.2 Å². The number of halogens is 1. The molecule has 2 aliphatic rings. The van der Waals surface area contributed by atoms with Crippen LogP contribution in [0.15, 0.2) is 28.9 Å². The maximum atomic E-state index is 13.8. The summed E-state index contributed by atoms with van der Waals surface area (Å²) in [5, 5.41) is 3.67. The third-order valence-electron chi connectivity index (χ3n) is 4.91. The van der Waals surface area contributed by atoms with Gasteiger partial charge in [0.2, 0.25) is 5.76 Å². The van der Waals surface area contributed by atoms with Crippen LogP contribution in [-0.2, 0) is 4.74 Å². The molecule has 0 unspecified atom stereocenters. The van der Waals surface area contributed by atoms with Crippen molar-refractivity contribution in [3.05, 3.63) is 36.0 Å². The lowest BCUT2D eigenvalue weighted by molar-refractivity contribution is -0.0460. The minimum absolute atomic E-state index is 0.0272. The molecule has 0 saturated carbocycles. The zero-order valence-electron chi connectivity index (χ0n) is 14.9. The Morgan fingerprint density at radius 2 is 2.37 bits per heavy atom. The Kier molecular flexibility index (Phi) is 4.69.